The van der Waals surface area contributed by atoms with Crippen LogP contribution in [0.15, 0.2) is 12.2 Å². The smallest absolute Gasteiger partial charge is 0.331 e. The van der Waals surface area contributed by atoms with Crippen LogP contribution in [0.2, 0.25) is 0 Å². The molecule has 4 heteroatoms. The van der Waals surface area contributed by atoms with Crippen molar-refractivity contribution in [1.29, 1.82) is 0 Å². The molecule has 16 heavy (non-hydrogen) atoms. The third-order valence-electron chi connectivity index (χ3n) is 2.71. The van der Waals surface area contributed by atoms with E-state index < -0.39 is 11.9 Å². The highest BCUT2D eigenvalue weighted by molar-refractivity contribution is 5.86. The molecule has 0 bridgehead atoms. The molecule has 0 radical (unpaired) electrons. The van der Waals surface area contributed by atoms with Crippen LogP contribution < -0.4 is 0 Å². The fourth-order valence-electron chi connectivity index (χ4n) is 1.51. The van der Waals surface area contributed by atoms with Gasteiger partial charge in [0.1, 0.15) is 0 Å². The monoisotopic (exact) mass is 230 g/mol. The SMILES string of the molecule is C1CCCCC1.C=C(C(=O)O)C(CO)CO. The Morgan fingerprint density at radius 1 is 1.00 bits per heavy atom. The molecule has 94 valence electrons. The predicted molar refractivity (Wildman–Crippen MR) is 62.1 cm³/mol. The minimum absolute atomic E-state index is 0.162. The van der Waals surface area contributed by atoms with Gasteiger partial charge < -0.3 is 15.3 Å². The summed E-state index contributed by atoms with van der Waals surface area (Å²) in [5, 5.41) is 25.2. The maximum atomic E-state index is 10.1. The van der Waals surface area contributed by atoms with Gasteiger partial charge in [0, 0.05) is 11.5 Å². The Bertz CT molecular complexity index is 194. The lowest BCUT2D eigenvalue weighted by molar-refractivity contribution is -0.133. The van der Waals surface area contributed by atoms with E-state index in [9.17, 15) is 4.79 Å². The second-order valence-electron chi connectivity index (χ2n) is 4.01. The topological polar surface area (TPSA) is 77.8 Å². The second kappa shape index (κ2) is 9.36. The van der Waals surface area contributed by atoms with Gasteiger partial charge in [-0.2, -0.15) is 0 Å². The summed E-state index contributed by atoms with van der Waals surface area (Å²) in [5.41, 5.74) is -0.162. The molecule has 4 nitrogen and oxygen atoms in total. The number of hydrogen-bond donors (Lipinski definition) is 3. The molecule has 1 rings (SSSR count). The van der Waals surface area contributed by atoms with Crippen molar-refractivity contribution in [1.82, 2.24) is 0 Å². The highest BCUT2D eigenvalue weighted by Crippen LogP contribution is 2.15. The van der Waals surface area contributed by atoms with Crippen LogP contribution in [-0.2, 0) is 4.79 Å². The quantitative estimate of drug-likeness (QED) is 0.641. The van der Waals surface area contributed by atoms with E-state index in [0.717, 1.165) is 0 Å². The van der Waals surface area contributed by atoms with Crippen molar-refractivity contribution < 1.29 is 20.1 Å². The van der Waals surface area contributed by atoms with Gasteiger partial charge in [0.15, 0.2) is 0 Å². The molecule has 3 N–H and O–H groups in total. The first-order valence-corrected chi connectivity index (χ1v) is 5.77. The van der Waals surface area contributed by atoms with Crippen LogP contribution in [0.3, 0.4) is 0 Å². The molecule has 1 aliphatic rings. The largest absolute Gasteiger partial charge is 0.478 e. The number of aliphatic hydroxyl groups excluding tert-OH is 2. The van der Waals surface area contributed by atoms with Crippen LogP contribution in [-0.4, -0.2) is 34.5 Å². The maximum absolute atomic E-state index is 10.1. The van der Waals surface area contributed by atoms with Gasteiger partial charge in [0.2, 0.25) is 0 Å². The van der Waals surface area contributed by atoms with E-state index >= 15 is 0 Å². The minimum atomic E-state index is -1.19. The van der Waals surface area contributed by atoms with E-state index in [1.807, 2.05) is 0 Å². The van der Waals surface area contributed by atoms with E-state index in [-0.39, 0.29) is 18.8 Å². The molecular weight excluding hydrogens is 208 g/mol. The van der Waals surface area contributed by atoms with Gasteiger partial charge >= 0.3 is 5.97 Å². The van der Waals surface area contributed by atoms with Gasteiger partial charge in [-0.05, 0) is 0 Å². The van der Waals surface area contributed by atoms with Crippen molar-refractivity contribution in [2.75, 3.05) is 13.2 Å². The molecule has 0 amide bonds. The molecule has 0 aromatic rings. The summed E-state index contributed by atoms with van der Waals surface area (Å²) >= 11 is 0. The summed E-state index contributed by atoms with van der Waals surface area (Å²) in [5.74, 6) is -1.93. The molecule has 0 aliphatic heterocycles. The Hall–Kier alpha value is -0.870. The molecule has 0 heterocycles. The standard InChI is InChI=1S/C6H10O4.C6H12/c1-4(6(9)10)5(2-7)3-8;1-2-4-6-5-3-1/h5,7-8H,1-3H2,(H,9,10);1-6H2. The Balaban J connectivity index is 0.000000315. The molecule has 1 aliphatic carbocycles. The summed E-state index contributed by atoms with van der Waals surface area (Å²) in [6, 6.07) is 0. The number of carbonyl (C=O) groups is 1. The van der Waals surface area contributed by atoms with Gasteiger partial charge in [0.25, 0.3) is 0 Å². The van der Waals surface area contributed by atoms with Gasteiger partial charge in [-0.15, -0.1) is 0 Å². The summed E-state index contributed by atoms with van der Waals surface area (Å²) < 4.78 is 0. The third-order valence-corrected chi connectivity index (χ3v) is 2.71. The Labute approximate surface area is 96.6 Å². The van der Waals surface area contributed by atoms with Gasteiger partial charge in [-0.25, -0.2) is 4.79 Å². The molecule has 1 fully saturated rings. The number of rotatable bonds is 4. The van der Waals surface area contributed by atoms with Crippen molar-refractivity contribution >= 4 is 5.97 Å². The fourth-order valence-corrected chi connectivity index (χ4v) is 1.51. The first kappa shape index (κ1) is 15.1. The van der Waals surface area contributed by atoms with E-state index in [4.69, 9.17) is 15.3 Å². The van der Waals surface area contributed by atoms with Crippen molar-refractivity contribution in [2.45, 2.75) is 38.5 Å². The number of hydrogen-bond acceptors (Lipinski definition) is 3. The molecule has 0 atom stereocenters. The predicted octanol–water partition coefficient (Wildman–Crippen LogP) is 1.57. The van der Waals surface area contributed by atoms with Crippen molar-refractivity contribution in [3.63, 3.8) is 0 Å². The van der Waals surface area contributed by atoms with Crippen molar-refractivity contribution in [3.05, 3.63) is 12.2 Å². The highest BCUT2D eigenvalue weighted by atomic mass is 16.4. The third kappa shape index (κ3) is 6.58. The zero-order valence-electron chi connectivity index (χ0n) is 9.69. The lowest BCUT2D eigenvalue weighted by Crippen LogP contribution is -2.18. The van der Waals surface area contributed by atoms with Crippen LogP contribution in [0, 0.1) is 5.92 Å². The normalized spacial score (nSPS) is 15.2. The fraction of sp³-hybridized carbons (Fsp3) is 0.750. The number of carboxylic acids is 1. The zero-order valence-corrected chi connectivity index (χ0v) is 9.69. The maximum Gasteiger partial charge on any atom is 0.331 e. The lowest BCUT2D eigenvalue weighted by atomic mass is 10.0. The van der Waals surface area contributed by atoms with Crippen LogP contribution in [0.25, 0.3) is 0 Å². The number of aliphatic carboxylic acids is 1. The average Bonchev–Trinajstić information content (AvgIpc) is 2.33. The van der Waals surface area contributed by atoms with E-state index in [2.05, 4.69) is 6.58 Å². The van der Waals surface area contributed by atoms with Crippen LogP contribution in [0.4, 0.5) is 0 Å². The lowest BCUT2D eigenvalue weighted by Gasteiger charge is -2.08. The molecule has 0 aromatic carbocycles. The van der Waals surface area contributed by atoms with Gasteiger partial charge in [-0.1, -0.05) is 45.1 Å². The second-order valence-corrected chi connectivity index (χ2v) is 4.01. The van der Waals surface area contributed by atoms with Gasteiger partial charge in [0.05, 0.1) is 13.2 Å². The van der Waals surface area contributed by atoms with Gasteiger partial charge in [-0.3, -0.25) is 0 Å². The van der Waals surface area contributed by atoms with E-state index in [0.29, 0.717) is 0 Å². The summed E-state index contributed by atoms with van der Waals surface area (Å²) in [6.45, 7) is 2.40. The number of carboxylic acid groups (broad SMARTS) is 1. The molecule has 0 saturated heterocycles. The molecular formula is C12H22O4. The molecule has 1 saturated carbocycles. The van der Waals surface area contributed by atoms with E-state index in [1.54, 1.807) is 0 Å². The first-order valence-electron chi connectivity index (χ1n) is 5.77. The summed E-state index contributed by atoms with van der Waals surface area (Å²) in [6.07, 6.45) is 9.00. The van der Waals surface area contributed by atoms with Crippen LogP contribution in [0.1, 0.15) is 38.5 Å². The summed E-state index contributed by atoms with van der Waals surface area (Å²) in [4.78, 5) is 10.1. The molecule has 0 aromatic heterocycles. The summed E-state index contributed by atoms with van der Waals surface area (Å²) in [7, 11) is 0. The van der Waals surface area contributed by atoms with E-state index in [1.165, 1.54) is 38.5 Å². The van der Waals surface area contributed by atoms with Crippen molar-refractivity contribution in [2.24, 2.45) is 5.92 Å². The van der Waals surface area contributed by atoms with Crippen LogP contribution >= 0.6 is 0 Å². The average molecular weight is 230 g/mol. The molecule has 0 unspecified atom stereocenters. The number of aliphatic hydroxyl groups is 2. The van der Waals surface area contributed by atoms with Crippen LogP contribution in [0.5, 0.6) is 0 Å². The Kier molecular flexibility index (Phi) is 8.85. The first-order chi connectivity index (χ1) is 7.63. The highest BCUT2D eigenvalue weighted by Gasteiger charge is 2.15. The zero-order chi connectivity index (χ0) is 12.4. The Morgan fingerprint density at radius 3 is 1.44 bits per heavy atom. The Morgan fingerprint density at radius 2 is 1.31 bits per heavy atom. The minimum Gasteiger partial charge on any atom is -0.478 e. The molecule has 0 spiro atoms. The van der Waals surface area contributed by atoms with Crippen molar-refractivity contribution in [3.8, 4) is 0 Å².